The molecule has 4 rings (SSSR count). The van der Waals surface area contributed by atoms with Gasteiger partial charge in [-0.2, -0.15) is 0 Å². The molecule has 3 heterocycles. The molecule has 0 amide bonds. The minimum absolute atomic E-state index is 0.180. The highest BCUT2D eigenvalue weighted by Crippen LogP contribution is 2.54. The van der Waals surface area contributed by atoms with Gasteiger partial charge in [-0.15, -0.1) is 23.5 Å². The van der Waals surface area contributed by atoms with Gasteiger partial charge in [-0.05, 0) is 25.8 Å². The van der Waals surface area contributed by atoms with E-state index < -0.39 is 40.5 Å². The summed E-state index contributed by atoms with van der Waals surface area (Å²) >= 11 is 3.40. The summed E-state index contributed by atoms with van der Waals surface area (Å²) in [4.78, 5) is 2.91. The number of hydrogen-bond donors (Lipinski definition) is 2. The van der Waals surface area contributed by atoms with Crippen molar-refractivity contribution in [2.75, 3.05) is 18.1 Å². The number of fused-ring (bicyclic) bond motifs is 1. The van der Waals surface area contributed by atoms with Crippen LogP contribution >= 0.6 is 23.5 Å². The molecule has 7 atom stereocenters. The third-order valence-corrected chi connectivity index (χ3v) is 9.00. The number of thioether (sulfide) groups is 2. The van der Waals surface area contributed by atoms with Gasteiger partial charge in [0, 0.05) is 22.8 Å². The normalized spacial score (nSPS) is 45.0. The third kappa shape index (κ3) is 3.70. The van der Waals surface area contributed by atoms with Crippen LogP contribution in [0.1, 0.15) is 26.7 Å². The minimum Gasteiger partial charge on any atom is -0.394 e. The Balaban J connectivity index is 1.50. The van der Waals surface area contributed by atoms with Gasteiger partial charge < -0.3 is 29.2 Å². The summed E-state index contributed by atoms with van der Waals surface area (Å²) in [6.07, 6.45) is -1.91. The SMILES string of the molecule is CC1(C)O[C@H]2[C@@H](O[C@@H]3C[C@@H](N=[N+]=[N-])[C@H](O)C4(C3)SCCS4)O[C@H](CO)[C@H]2O1. The Morgan fingerprint density at radius 3 is 2.63 bits per heavy atom. The molecule has 3 saturated heterocycles. The lowest BCUT2D eigenvalue weighted by Crippen LogP contribution is -2.52. The Labute approximate surface area is 166 Å². The zero-order valence-electron chi connectivity index (χ0n) is 15.3. The quantitative estimate of drug-likeness (QED) is 0.400. The van der Waals surface area contributed by atoms with Crippen molar-refractivity contribution in [2.45, 2.75) is 79.4 Å². The number of azide groups is 1. The summed E-state index contributed by atoms with van der Waals surface area (Å²) in [5, 5.41) is 24.2. The average Bonchev–Trinajstić information content (AvgIpc) is 3.28. The van der Waals surface area contributed by atoms with E-state index in [9.17, 15) is 10.2 Å². The maximum absolute atomic E-state index is 10.8. The molecule has 27 heavy (non-hydrogen) atoms. The zero-order chi connectivity index (χ0) is 19.2. The maximum Gasteiger partial charge on any atom is 0.187 e. The molecule has 11 heteroatoms. The van der Waals surface area contributed by atoms with Crippen LogP contribution in [-0.4, -0.2) is 81.0 Å². The Morgan fingerprint density at radius 2 is 1.96 bits per heavy atom. The standard InChI is InChI=1S/C16H25N3O6S2/c1-15(2)24-11-10(7-20)23-14(12(11)25-15)22-8-5-9(18-19-17)13(21)16(6-8)26-3-4-27-16/h8-14,20-21H,3-7H2,1-2H3/t8-,9-,10-,11-,12-,13+,14+/m1/s1. The van der Waals surface area contributed by atoms with Gasteiger partial charge in [0.05, 0.1) is 28.9 Å². The van der Waals surface area contributed by atoms with Gasteiger partial charge in [0.15, 0.2) is 12.1 Å². The van der Waals surface area contributed by atoms with Gasteiger partial charge in [0.2, 0.25) is 0 Å². The predicted octanol–water partition coefficient (Wildman–Crippen LogP) is 1.62. The van der Waals surface area contributed by atoms with E-state index in [-0.39, 0.29) is 18.8 Å². The summed E-state index contributed by atoms with van der Waals surface area (Å²) in [5.74, 6) is 1.13. The van der Waals surface area contributed by atoms with Crippen molar-refractivity contribution in [1.29, 1.82) is 0 Å². The van der Waals surface area contributed by atoms with Crippen molar-refractivity contribution >= 4 is 23.5 Å². The van der Waals surface area contributed by atoms with Crippen LogP contribution in [0.3, 0.4) is 0 Å². The van der Waals surface area contributed by atoms with E-state index >= 15 is 0 Å². The number of aliphatic hydroxyl groups excluding tert-OH is 2. The lowest BCUT2D eigenvalue weighted by atomic mass is 9.89. The lowest BCUT2D eigenvalue weighted by molar-refractivity contribution is -0.251. The molecule has 0 unspecified atom stereocenters. The van der Waals surface area contributed by atoms with Crippen LogP contribution in [-0.2, 0) is 18.9 Å². The number of hydrogen-bond acceptors (Lipinski definition) is 9. The summed E-state index contributed by atoms with van der Waals surface area (Å²) in [6.45, 7) is 3.47. The van der Waals surface area contributed by atoms with E-state index in [0.717, 1.165) is 11.5 Å². The molecule has 0 radical (unpaired) electrons. The first kappa shape index (κ1) is 20.1. The third-order valence-electron chi connectivity index (χ3n) is 5.42. The fraction of sp³-hybridized carbons (Fsp3) is 1.00. The molecule has 0 bridgehead atoms. The van der Waals surface area contributed by atoms with Gasteiger partial charge in [-0.3, -0.25) is 0 Å². The molecule has 3 aliphatic heterocycles. The number of ether oxygens (including phenoxy) is 4. The summed E-state index contributed by atoms with van der Waals surface area (Å²) in [5.41, 5.74) is 8.89. The molecule has 4 fully saturated rings. The molecule has 152 valence electrons. The predicted molar refractivity (Wildman–Crippen MR) is 100 cm³/mol. The maximum atomic E-state index is 10.8. The highest BCUT2D eigenvalue weighted by Gasteiger charge is 2.57. The Bertz CT molecular complexity index is 613. The van der Waals surface area contributed by atoms with Gasteiger partial charge >= 0.3 is 0 Å². The van der Waals surface area contributed by atoms with Crippen LogP contribution in [0.25, 0.3) is 10.4 Å². The van der Waals surface area contributed by atoms with Crippen LogP contribution in [0.15, 0.2) is 5.11 Å². The van der Waals surface area contributed by atoms with Gasteiger partial charge in [0.1, 0.15) is 18.3 Å². The first-order valence-corrected chi connectivity index (χ1v) is 11.1. The first-order valence-electron chi connectivity index (χ1n) is 9.15. The monoisotopic (exact) mass is 419 g/mol. The van der Waals surface area contributed by atoms with Gasteiger partial charge in [-0.1, -0.05) is 5.11 Å². The Kier molecular flexibility index (Phi) is 5.61. The van der Waals surface area contributed by atoms with Crippen LogP contribution in [0.4, 0.5) is 0 Å². The molecule has 1 spiro atoms. The fourth-order valence-electron chi connectivity index (χ4n) is 4.34. The molecule has 1 saturated carbocycles. The first-order chi connectivity index (χ1) is 12.9. The van der Waals surface area contributed by atoms with Crippen molar-refractivity contribution < 1.29 is 29.2 Å². The summed E-state index contributed by atoms with van der Waals surface area (Å²) < 4.78 is 23.5. The lowest BCUT2D eigenvalue weighted by Gasteiger charge is -2.44. The molecule has 0 aromatic carbocycles. The van der Waals surface area contributed by atoms with E-state index in [1.165, 1.54) is 0 Å². The van der Waals surface area contributed by atoms with Crippen LogP contribution in [0.2, 0.25) is 0 Å². The van der Waals surface area contributed by atoms with E-state index in [1.807, 2.05) is 13.8 Å². The Morgan fingerprint density at radius 1 is 1.26 bits per heavy atom. The van der Waals surface area contributed by atoms with Crippen LogP contribution in [0.5, 0.6) is 0 Å². The molecular weight excluding hydrogens is 394 g/mol. The molecule has 9 nitrogen and oxygen atoms in total. The van der Waals surface area contributed by atoms with E-state index in [1.54, 1.807) is 23.5 Å². The van der Waals surface area contributed by atoms with Crippen molar-refractivity contribution in [3.63, 3.8) is 0 Å². The second-order valence-corrected chi connectivity index (χ2v) is 10.8. The van der Waals surface area contributed by atoms with Crippen molar-refractivity contribution in [3.8, 4) is 0 Å². The van der Waals surface area contributed by atoms with Crippen molar-refractivity contribution in [3.05, 3.63) is 10.4 Å². The molecule has 2 N–H and O–H groups in total. The molecular formula is C16H25N3O6S2. The largest absolute Gasteiger partial charge is 0.394 e. The highest BCUT2D eigenvalue weighted by molar-refractivity contribution is 8.21. The average molecular weight is 420 g/mol. The molecule has 0 aromatic rings. The highest BCUT2D eigenvalue weighted by atomic mass is 32.2. The zero-order valence-corrected chi connectivity index (χ0v) is 16.9. The number of rotatable bonds is 4. The smallest absolute Gasteiger partial charge is 0.187 e. The summed E-state index contributed by atoms with van der Waals surface area (Å²) in [7, 11) is 0. The summed E-state index contributed by atoms with van der Waals surface area (Å²) in [6, 6.07) is -0.546. The van der Waals surface area contributed by atoms with E-state index in [4.69, 9.17) is 24.5 Å². The molecule has 0 aromatic heterocycles. The van der Waals surface area contributed by atoms with Crippen LogP contribution in [0, 0.1) is 0 Å². The van der Waals surface area contributed by atoms with E-state index in [2.05, 4.69) is 10.0 Å². The van der Waals surface area contributed by atoms with Gasteiger partial charge in [-0.25, -0.2) is 0 Å². The van der Waals surface area contributed by atoms with Crippen molar-refractivity contribution in [2.24, 2.45) is 5.11 Å². The minimum atomic E-state index is -0.761. The number of aliphatic hydroxyl groups is 2. The van der Waals surface area contributed by atoms with E-state index in [0.29, 0.717) is 12.8 Å². The Hall–Kier alpha value is -0.230. The second-order valence-electron chi connectivity index (χ2n) is 7.71. The number of nitrogens with zero attached hydrogens (tertiary/aromatic N) is 3. The topological polar surface area (TPSA) is 126 Å². The van der Waals surface area contributed by atoms with Gasteiger partial charge in [0.25, 0.3) is 0 Å². The van der Waals surface area contributed by atoms with Crippen molar-refractivity contribution in [1.82, 2.24) is 0 Å². The molecule has 1 aliphatic carbocycles. The van der Waals surface area contributed by atoms with Crippen LogP contribution < -0.4 is 0 Å². The fourth-order valence-corrected chi connectivity index (χ4v) is 7.79. The second kappa shape index (κ2) is 7.55. The molecule has 4 aliphatic rings.